The zero-order valence-corrected chi connectivity index (χ0v) is 12.9. The fraction of sp³-hybridized carbons (Fsp3) is 0.353. The molecule has 3 heteroatoms. The highest BCUT2D eigenvalue weighted by Crippen LogP contribution is 2.09. The lowest BCUT2D eigenvalue weighted by atomic mass is 10.0. The van der Waals surface area contributed by atoms with Crippen molar-refractivity contribution in [1.82, 2.24) is 4.98 Å². The van der Waals surface area contributed by atoms with Gasteiger partial charge in [0, 0.05) is 19.8 Å². The number of allylic oxidation sites excluding steroid dienone is 2. The van der Waals surface area contributed by atoms with Crippen LogP contribution in [-0.4, -0.2) is 18.6 Å². The van der Waals surface area contributed by atoms with Crippen molar-refractivity contribution >= 4 is 18.0 Å². The molecular formula is C17H25N3. The lowest BCUT2D eigenvalue weighted by Gasteiger charge is -2.05. The van der Waals surface area contributed by atoms with Crippen molar-refractivity contribution in [3.05, 3.63) is 46.0 Å². The van der Waals surface area contributed by atoms with Crippen LogP contribution in [0.5, 0.6) is 0 Å². The van der Waals surface area contributed by atoms with Crippen LogP contribution in [0.1, 0.15) is 27.2 Å². The van der Waals surface area contributed by atoms with E-state index in [9.17, 15) is 0 Å². The fourth-order valence-corrected chi connectivity index (χ4v) is 2.07. The molecule has 0 fully saturated rings. The number of anilines is 1. The van der Waals surface area contributed by atoms with E-state index in [1.807, 2.05) is 27.1 Å². The summed E-state index contributed by atoms with van der Waals surface area (Å²) in [5.74, 6) is 0.870. The van der Waals surface area contributed by atoms with E-state index in [0.29, 0.717) is 6.54 Å². The zero-order valence-electron chi connectivity index (χ0n) is 12.9. The Hall–Kier alpha value is -1.87. The third-order valence-corrected chi connectivity index (χ3v) is 3.21. The Morgan fingerprint density at radius 2 is 2.05 bits per heavy atom. The summed E-state index contributed by atoms with van der Waals surface area (Å²) >= 11 is 0. The molecule has 108 valence electrons. The summed E-state index contributed by atoms with van der Waals surface area (Å²) in [6.07, 6.45) is 11.4. The highest BCUT2D eigenvalue weighted by molar-refractivity contribution is 5.59. The summed E-state index contributed by atoms with van der Waals surface area (Å²) < 4.78 is 0. The van der Waals surface area contributed by atoms with Gasteiger partial charge >= 0.3 is 0 Å². The standard InChI is InChI=1S/C17H25N3/c1-5-8-15-12-20-17(19-4)10-16(15)9-13(6-2)14(7-3)11-18/h6-10,12,19H,5,11,18H2,1-4H3/b13-6+,14-7+,15-8+,16-9-. The van der Waals surface area contributed by atoms with Gasteiger partial charge in [-0.05, 0) is 54.0 Å². The molecule has 20 heavy (non-hydrogen) atoms. The lowest BCUT2D eigenvalue weighted by Crippen LogP contribution is -2.26. The van der Waals surface area contributed by atoms with E-state index in [4.69, 9.17) is 5.73 Å². The van der Waals surface area contributed by atoms with Crippen LogP contribution in [0, 0.1) is 0 Å². The van der Waals surface area contributed by atoms with E-state index < -0.39 is 0 Å². The van der Waals surface area contributed by atoms with Gasteiger partial charge in [-0.1, -0.05) is 25.2 Å². The topological polar surface area (TPSA) is 50.9 Å². The number of nitrogens with zero attached hydrogens (tertiary/aromatic N) is 1. The van der Waals surface area contributed by atoms with Gasteiger partial charge in [-0.2, -0.15) is 0 Å². The first-order valence-corrected chi connectivity index (χ1v) is 7.07. The monoisotopic (exact) mass is 271 g/mol. The summed E-state index contributed by atoms with van der Waals surface area (Å²) in [5.41, 5.74) is 8.12. The van der Waals surface area contributed by atoms with Crippen LogP contribution in [-0.2, 0) is 0 Å². The molecule has 0 aliphatic heterocycles. The van der Waals surface area contributed by atoms with Crippen molar-refractivity contribution in [1.29, 1.82) is 0 Å². The molecule has 3 nitrogen and oxygen atoms in total. The van der Waals surface area contributed by atoms with Crippen LogP contribution in [0.2, 0.25) is 0 Å². The van der Waals surface area contributed by atoms with Gasteiger partial charge in [0.05, 0.1) is 0 Å². The predicted octanol–water partition coefficient (Wildman–Crippen LogP) is 1.95. The van der Waals surface area contributed by atoms with Crippen LogP contribution in [0.25, 0.3) is 12.2 Å². The number of nitrogens with two attached hydrogens (primary N) is 1. The molecular weight excluding hydrogens is 246 g/mol. The molecule has 0 unspecified atom stereocenters. The highest BCUT2D eigenvalue weighted by atomic mass is 14.9. The molecule has 0 radical (unpaired) electrons. The smallest absolute Gasteiger partial charge is 0.126 e. The molecule has 0 spiro atoms. The number of rotatable bonds is 5. The van der Waals surface area contributed by atoms with Crippen molar-refractivity contribution in [3.8, 4) is 0 Å². The largest absolute Gasteiger partial charge is 0.373 e. The molecule has 0 saturated heterocycles. The molecule has 1 aromatic rings. The maximum absolute atomic E-state index is 5.80. The maximum Gasteiger partial charge on any atom is 0.126 e. The first-order chi connectivity index (χ1) is 9.69. The third kappa shape index (κ3) is 4.07. The van der Waals surface area contributed by atoms with Gasteiger partial charge in [0.2, 0.25) is 0 Å². The van der Waals surface area contributed by atoms with Crippen molar-refractivity contribution < 1.29 is 0 Å². The van der Waals surface area contributed by atoms with E-state index in [0.717, 1.165) is 33.8 Å². The Morgan fingerprint density at radius 1 is 1.30 bits per heavy atom. The van der Waals surface area contributed by atoms with E-state index in [2.05, 4.69) is 47.6 Å². The summed E-state index contributed by atoms with van der Waals surface area (Å²) in [5, 5.41) is 5.39. The Balaban J connectivity index is 3.49. The summed E-state index contributed by atoms with van der Waals surface area (Å²) in [4.78, 5) is 4.37. The second-order valence-corrected chi connectivity index (χ2v) is 4.47. The van der Waals surface area contributed by atoms with Crippen LogP contribution < -0.4 is 21.5 Å². The molecule has 0 amide bonds. The number of hydrogen-bond donors (Lipinski definition) is 2. The van der Waals surface area contributed by atoms with Gasteiger partial charge in [-0.15, -0.1) is 0 Å². The van der Waals surface area contributed by atoms with Crippen LogP contribution in [0.4, 0.5) is 5.82 Å². The molecule has 3 N–H and O–H groups in total. The average molecular weight is 271 g/mol. The SMILES string of the molecule is C/C=C(CN)/C(/C=c1/cc(NC)nc/c1=C\CC)=C/C. The van der Waals surface area contributed by atoms with Gasteiger partial charge in [0.1, 0.15) is 5.82 Å². The molecule has 0 atom stereocenters. The molecule has 0 aliphatic rings. The fourth-order valence-electron chi connectivity index (χ4n) is 2.07. The molecule has 1 rings (SSSR count). The van der Waals surface area contributed by atoms with E-state index in [1.54, 1.807) is 0 Å². The van der Waals surface area contributed by atoms with Crippen molar-refractivity contribution in [2.24, 2.45) is 5.73 Å². The molecule has 1 heterocycles. The maximum atomic E-state index is 5.80. The van der Waals surface area contributed by atoms with E-state index >= 15 is 0 Å². The Bertz CT molecular complexity index is 610. The second-order valence-electron chi connectivity index (χ2n) is 4.47. The van der Waals surface area contributed by atoms with Gasteiger partial charge in [0.15, 0.2) is 0 Å². The second kappa shape index (κ2) is 8.33. The minimum absolute atomic E-state index is 0.545. The van der Waals surface area contributed by atoms with Gasteiger partial charge in [0.25, 0.3) is 0 Å². The van der Waals surface area contributed by atoms with Crippen molar-refractivity contribution in [2.45, 2.75) is 27.2 Å². The van der Waals surface area contributed by atoms with Gasteiger partial charge in [-0.3, -0.25) is 0 Å². The van der Waals surface area contributed by atoms with Crippen LogP contribution >= 0.6 is 0 Å². The lowest BCUT2D eigenvalue weighted by molar-refractivity contribution is 1.16. The molecule has 1 aromatic heterocycles. The number of aromatic nitrogens is 1. The summed E-state index contributed by atoms with van der Waals surface area (Å²) in [7, 11) is 1.88. The molecule has 0 bridgehead atoms. The van der Waals surface area contributed by atoms with Gasteiger partial charge in [-0.25, -0.2) is 4.98 Å². The minimum Gasteiger partial charge on any atom is -0.373 e. The van der Waals surface area contributed by atoms with E-state index in [1.165, 1.54) is 0 Å². The van der Waals surface area contributed by atoms with Crippen molar-refractivity contribution in [2.75, 3.05) is 18.9 Å². The zero-order chi connectivity index (χ0) is 15.0. The van der Waals surface area contributed by atoms with Gasteiger partial charge < -0.3 is 11.1 Å². The Labute approximate surface area is 121 Å². The summed E-state index contributed by atoms with van der Waals surface area (Å²) in [6, 6.07) is 2.06. The molecule has 0 aromatic carbocycles. The predicted molar refractivity (Wildman–Crippen MR) is 88.8 cm³/mol. The summed E-state index contributed by atoms with van der Waals surface area (Å²) in [6.45, 7) is 6.73. The number of hydrogen-bond acceptors (Lipinski definition) is 3. The molecule has 0 aliphatic carbocycles. The average Bonchev–Trinajstić information content (AvgIpc) is 2.49. The Morgan fingerprint density at radius 3 is 2.55 bits per heavy atom. The minimum atomic E-state index is 0.545. The van der Waals surface area contributed by atoms with Crippen molar-refractivity contribution in [3.63, 3.8) is 0 Å². The Kier molecular flexibility index (Phi) is 6.74. The quantitative estimate of drug-likeness (QED) is 0.805. The first-order valence-electron chi connectivity index (χ1n) is 7.07. The highest BCUT2D eigenvalue weighted by Gasteiger charge is 1.99. The van der Waals surface area contributed by atoms with Crippen LogP contribution in [0.15, 0.2) is 35.6 Å². The number of nitrogens with one attached hydrogen (secondary N) is 1. The molecule has 0 saturated carbocycles. The van der Waals surface area contributed by atoms with E-state index in [-0.39, 0.29) is 0 Å². The normalized spacial score (nSPS) is 14.8. The third-order valence-electron chi connectivity index (χ3n) is 3.21. The van der Waals surface area contributed by atoms with Crippen LogP contribution in [0.3, 0.4) is 0 Å². The number of pyridine rings is 1. The first kappa shape index (κ1) is 16.2.